The van der Waals surface area contributed by atoms with Crippen LogP contribution in [0.3, 0.4) is 0 Å². The van der Waals surface area contributed by atoms with E-state index in [1.54, 1.807) is 18.1 Å². The highest BCUT2D eigenvalue weighted by atomic mass is 16.2. The van der Waals surface area contributed by atoms with E-state index in [0.29, 0.717) is 31.6 Å². The molecule has 1 heterocycles. The van der Waals surface area contributed by atoms with E-state index in [-0.39, 0.29) is 5.91 Å². The first-order valence-electron chi connectivity index (χ1n) is 5.70. The van der Waals surface area contributed by atoms with Gasteiger partial charge in [-0.05, 0) is 19.3 Å². The Labute approximate surface area is 99.6 Å². The summed E-state index contributed by atoms with van der Waals surface area (Å²) in [5, 5.41) is 15.9. The number of nitrogens with zero attached hydrogens (tertiary/aromatic N) is 4. The molecule has 90 valence electrons. The number of aromatic nitrogens is 3. The average molecular weight is 233 g/mol. The van der Waals surface area contributed by atoms with Gasteiger partial charge in [0.2, 0.25) is 5.91 Å². The molecule has 6 nitrogen and oxygen atoms in total. The molecule has 1 aliphatic carbocycles. The zero-order chi connectivity index (χ0) is 12.3. The number of nitriles is 1. The second-order valence-corrected chi connectivity index (χ2v) is 4.39. The van der Waals surface area contributed by atoms with E-state index in [0.717, 1.165) is 6.42 Å². The highest BCUT2D eigenvalue weighted by Gasteiger charge is 2.44. The maximum absolute atomic E-state index is 11.8. The molecule has 6 heteroatoms. The van der Waals surface area contributed by atoms with Crippen molar-refractivity contribution in [2.75, 3.05) is 6.54 Å². The fourth-order valence-electron chi connectivity index (χ4n) is 1.88. The third-order valence-electron chi connectivity index (χ3n) is 3.14. The molecule has 1 aromatic rings. The lowest BCUT2D eigenvalue weighted by molar-refractivity contribution is -0.131. The number of aryl methyl sites for hydroxylation is 1. The molecule has 0 radical (unpaired) electrons. The lowest BCUT2D eigenvalue weighted by atomic mass is 9.69. The van der Waals surface area contributed by atoms with E-state index >= 15 is 0 Å². The Morgan fingerprint density at radius 1 is 1.71 bits per heavy atom. The van der Waals surface area contributed by atoms with Gasteiger partial charge in [0, 0.05) is 20.0 Å². The van der Waals surface area contributed by atoms with Gasteiger partial charge in [0.05, 0.1) is 6.07 Å². The smallest absolute Gasteiger partial charge is 0.240 e. The molecule has 0 saturated heterocycles. The predicted molar refractivity (Wildman–Crippen MR) is 59.6 cm³/mol. The third kappa shape index (κ3) is 2.28. The van der Waals surface area contributed by atoms with E-state index in [4.69, 9.17) is 5.26 Å². The Balaban J connectivity index is 1.79. The van der Waals surface area contributed by atoms with E-state index in [1.165, 1.54) is 0 Å². The van der Waals surface area contributed by atoms with Crippen LogP contribution in [0.1, 0.15) is 25.1 Å². The molecule has 1 aliphatic rings. The van der Waals surface area contributed by atoms with Gasteiger partial charge in [-0.25, -0.2) is 4.98 Å². The number of rotatable bonds is 4. The van der Waals surface area contributed by atoms with Crippen molar-refractivity contribution in [2.24, 2.45) is 12.5 Å². The molecule has 0 unspecified atom stereocenters. The summed E-state index contributed by atoms with van der Waals surface area (Å²) in [6.07, 6.45) is 4.53. The number of amides is 1. The predicted octanol–water partition coefficient (Wildman–Crippen LogP) is 0.168. The minimum absolute atomic E-state index is 0.151. The first-order chi connectivity index (χ1) is 8.16. The Bertz CT molecular complexity index is 455. The van der Waals surface area contributed by atoms with Gasteiger partial charge in [-0.2, -0.15) is 10.4 Å². The maximum Gasteiger partial charge on any atom is 0.240 e. The zero-order valence-corrected chi connectivity index (χ0v) is 9.81. The maximum atomic E-state index is 11.8. The van der Waals surface area contributed by atoms with Gasteiger partial charge in [-0.3, -0.25) is 9.48 Å². The molecule has 0 bridgehead atoms. The Kier molecular flexibility index (Phi) is 3.09. The largest absolute Gasteiger partial charge is 0.354 e. The van der Waals surface area contributed by atoms with Crippen molar-refractivity contribution in [1.29, 1.82) is 5.26 Å². The Hall–Kier alpha value is -1.90. The lowest BCUT2D eigenvalue weighted by Crippen LogP contribution is -2.45. The van der Waals surface area contributed by atoms with Crippen molar-refractivity contribution in [3.05, 3.63) is 12.2 Å². The van der Waals surface area contributed by atoms with E-state index < -0.39 is 5.41 Å². The van der Waals surface area contributed by atoms with Crippen LogP contribution in [0.15, 0.2) is 6.33 Å². The molecule has 0 aromatic carbocycles. The molecule has 0 aliphatic heterocycles. The Morgan fingerprint density at radius 2 is 2.47 bits per heavy atom. The fraction of sp³-hybridized carbons (Fsp3) is 0.636. The lowest BCUT2D eigenvalue weighted by Gasteiger charge is -2.33. The van der Waals surface area contributed by atoms with Crippen molar-refractivity contribution < 1.29 is 4.79 Å². The molecular formula is C11H15N5O. The van der Waals surface area contributed by atoms with Crippen LogP contribution in [0.4, 0.5) is 0 Å². The van der Waals surface area contributed by atoms with Crippen LogP contribution >= 0.6 is 0 Å². The normalized spacial score (nSPS) is 16.9. The van der Waals surface area contributed by atoms with Crippen molar-refractivity contribution in [1.82, 2.24) is 20.1 Å². The van der Waals surface area contributed by atoms with E-state index in [9.17, 15) is 4.79 Å². The quantitative estimate of drug-likeness (QED) is 0.803. The highest BCUT2D eigenvalue weighted by molar-refractivity contribution is 5.86. The van der Waals surface area contributed by atoms with Crippen molar-refractivity contribution >= 4 is 5.91 Å². The SMILES string of the molecule is Cn1cnc(CCNC(=O)C2(C#N)CCC2)n1. The average Bonchev–Trinajstić information content (AvgIpc) is 2.63. The van der Waals surface area contributed by atoms with Crippen molar-refractivity contribution in [3.63, 3.8) is 0 Å². The molecule has 1 amide bonds. The molecule has 17 heavy (non-hydrogen) atoms. The summed E-state index contributed by atoms with van der Waals surface area (Å²) in [6, 6.07) is 2.12. The monoisotopic (exact) mass is 233 g/mol. The van der Waals surface area contributed by atoms with Gasteiger partial charge in [0.15, 0.2) is 5.82 Å². The van der Waals surface area contributed by atoms with E-state index in [2.05, 4.69) is 21.5 Å². The van der Waals surface area contributed by atoms with Crippen molar-refractivity contribution in [3.8, 4) is 6.07 Å². The minimum atomic E-state index is -0.766. The molecule has 0 atom stereocenters. The fourth-order valence-corrected chi connectivity index (χ4v) is 1.88. The summed E-state index contributed by atoms with van der Waals surface area (Å²) in [5.41, 5.74) is -0.766. The molecular weight excluding hydrogens is 218 g/mol. The zero-order valence-electron chi connectivity index (χ0n) is 9.81. The minimum Gasteiger partial charge on any atom is -0.354 e. The van der Waals surface area contributed by atoms with Crippen LogP contribution in [0.5, 0.6) is 0 Å². The van der Waals surface area contributed by atoms with Crippen LogP contribution in [-0.4, -0.2) is 27.2 Å². The molecule has 1 fully saturated rings. The second-order valence-electron chi connectivity index (χ2n) is 4.39. The number of carbonyl (C=O) groups is 1. The van der Waals surface area contributed by atoms with Gasteiger partial charge in [0.25, 0.3) is 0 Å². The number of carbonyl (C=O) groups excluding carboxylic acids is 1. The van der Waals surface area contributed by atoms with Crippen LogP contribution in [0.25, 0.3) is 0 Å². The molecule has 1 saturated carbocycles. The van der Waals surface area contributed by atoms with E-state index in [1.807, 2.05) is 0 Å². The van der Waals surface area contributed by atoms with Crippen LogP contribution in [0, 0.1) is 16.7 Å². The summed E-state index contributed by atoms with van der Waals surface area (Å²) in [7, 11) is 1.80. The first kappa shape index (κ1) is 11.6. The molecule has 2 rings (SSSR count). The van der Waals surface area contributed by atoms with Gasteiger partial charge in [-0.15, -0.1) is 0 Å². The summed E-state index contributed by atoms with van der Waals surface area (Å²) in [6.45, 7) is 0.478. The number of nitrogens with one attached hydrogen (secondary N) is 1. The summed E-state index contributed by atoms with van der Waals surface area (Å²) >= 11 is 0. The Morgan fingerprint density at radius 3 is 2.94 bits per heavy atom. The topological polar surface area (TPSA) is 83.6 Å². The molecule has 0 spiro atoms. The molecule has 1 N–H and O–H groups in total. The van der Waals surface area contributed by atoms with Crippen LogP contribution in [-0.2, 0) is 18.3 Å². The van der Waals surface area contributed by atoms with Crippen LogP contribution in [0.2, 0.25) is 0 Å². The van der Waals surface area contributed by atoms with Gasteiger partial charge >= 0.3 is 0 Å². The summed E-state index contributed by atoms with van der Waals surface area (Å²) < 4.78 is 1.62. The van der Waals surface area contributed by atoms with Crippen molar-refractivity contribution in [2.45, 2.75) is 25.7 Å². The van der Waals surface area contributed by atoms with Gasteiger partial charge in [-0.1, -0.05) is 0 Å². The third-order valence-corrected chi connectivity index (χ3v) is 3.14. The first-order valence-corrected chi connectivity index (χ1v) is 5.70. The number of hydrogen-bond donors (Lipinski definition) is 1. The highest BCUT2D eigenvalue weighted by Crippen LogP contribution is 2.40. The summed E-state index contributed by atoms with van der Waals surface area (Å²) in [4.78, 5) is 15.9. The molecule has 1 aromatic heterocycles. The van der Waals surface area contributed by atoms with Gasteiger partial charge < -0.3 is 5.32 Å². The summed E-state index contributed by atoms with van der Waals surface area (Å²) in [5.74, 6) is 0.551. The van der Waals surface area contributed by atoms with Gasteiger partial charge in [0.1, 0.15) is 11.7 Å². The standard InChI is InChI=1S/C11H15N5O/c1-16-8-14-9(15-16)3-6-13-10(17)11(7-12)4-2-5-11/h8H,2-6H2,1H3,(H,13,17). The second kappa shape index (κ2) is 4.53. The number of hydrogen-bond acceptors (Lipinski definition) is 4. The van der Waals surface area contributed by atoms with Crippen LogP contribution < -0.4 is 5.32 Å².